The molecule has 20 heavy (non-hydrogen) atoms. The Labute approximate surface area is 126 Å². The molecule has 0 aromatic carbocycles. The van der Waals surface area contributed by atoms with Gasteiger partial charge in [-0.3, -0.25) is 0 Å². The van der Waals surface area contributed by atoms with Crippen LogP contribution < -0.4 is 0 Å². The lowest BCUT2D eigenvalue weighted by Crippen LogP contribution is -2.46. The Morgan fingerprint density at radius 1 is 0.800 bits per heavy atom. The Morgan fingerprint density at radius 3 is 1.80 bits per heavy atom. The molecule has 0 rings (SSSR count). The molecule has 0 unspecified atom stereocenters. The second kappa shape index (κ2) is 12.5. The van der Waals surface area contributed by atoms with Gasteiger partial charge in [0.1, 0.15) is 0 Å². The van der Waals surface area contributed by atoms with Gasteiger partial charge in [-0.05, 0) is 40.0 Å². The van der Waals surface area contributed by atoms with E-state index in [4.69, 9.17) is 18.7 Å². The predicted octanol–water partition coefficient (Wildman–Crippen LogP) is 4.42. The van der Waals surface area contributed by atoms with Crippen LogP contribution in [0.15, 0.2) is 0 Å². The van der Waals surface area contributed by atoms with Crippen molar-refractivity contribution in [2.45, 2.75) is 72.3 Å². The van der Waals surface area contributed by atoms with Crippen molar-refractivity contribution in [2.24, 2.45) is 0 Å². The lowest BCUT2D eigenvalue weighted by molar-refractivity contribution is 0.0718. The van der Waals surface area contributed by atoms with E-state index in [0.717, 1.165) is 31.0 Å². The molecule has 1 N–H and O–H groups in total. The maximum absolute atomic E-state index is 8.06. The molecule has 0 saturated carbocycles. The van der Waals surface area contributed by atoms with Crippen molar-refractivity contribution in [3.05, 3.63) is 0 Å². The van der Waals surface area contributed by atoms with Gasteiger partial charge in [-0.1, -0.05) is 26.2 Å². The molecule has 120 valence electrons. The quantitative estimate of drug-likeness (QED) is 0.294. The van der Waals surface area contributed by atoms with Crippen LogP contribution in [0.3, 0.4) is 0 Å². The molecule has 0 fully saturated rings. The summed E-state index contributed by atoms with van der Waals surface area (Å²) in [5, 5.41) is 8.06. The third-order valence-corrected chi connectivity index (χ3v) is 6.21. The lowest BCUT2D eigenvalue weighted by Gasteiger charge is -2.28. The van der Waals surface area contributed by atoms with Gasteiger partial charge in [-0.15, -0.1) is 0 Å². The summed E-state index contributed by atoms with van der Waals surface area (Å²) in [4.78, 5) is 0. The third kappa shape index (κ3) is 8.84. The van der Waals surface area contributed by atoms with E-state index >= 15 is 0 Å². The normalized spacial score (nSPS) is 11.8. The maximum atomic E-state index is 8.06. The standard InChI is InChI=1S/C15H33NO3Si/c1-5-9-10-11-12-15(16)13-14-20(17-6-2,18-7-3)19-8-4/h16H,5-14H2,1-4H3. The van der Waals surface area contributed by atoms with Crippen LogP contribution in [0.1, 0.15) is 66.2 Å². The van der Waals surface area contributed by atoms with Gasteiger partial charge in [-0.25, -0.2) is 0 Å². The maximum Gasteiger partial charge on any atom is 0.501 e. The molecule has 0 aliphatic rings. The van der Waals surface area contributed by atoms with E-state index in [1.165, 1.54) is 19.3 Å². The fourth-order valence-corrected chi connectivity index (χ4v) is 4.81. The zero-order valence-corrected chi connectivity index (χ0v) is 14.8. The van der Waals surface area contributed by atoms with Crippen molar-refractivity contribution in [1.29, 1.82) is 5.41 Å². The Morgan fingerprint density at radius 2 is 1.35 bits per heavy atom. The molecule has 0 saturated heterocycles. The predicted molar refractivity (Wildman–Crippen MR) is 86.5 cm³/mol. The van der Waals surface area contributed by atoms with E-state index in [0.29, 0.717) is 19.8 Å². The van der Waals surface area contributed by atoms with Gasteiger partial charge in [0.05, 0.1) is 0 Å². The van der Waals surface area contributed by atoms with Gasteiger partial charge in [0, 0.05) is 31.6 Å². The second-order valence-electron chi connectivity index (χ2n) is 4.90. The summed E-state index contributed by atoms with van der Waals surface area (Å²) in [6.45, 7) is 9.93. The van der Waals surface area contributed by atoms with Gasteiger partial charge < -0.3 is 18.7 Å². The summed E-state index contributed by atoms with van der Waals surface area (Å²) in [5.74, 6) is 0. The van der Waals surface area contributed by atoms with Crippen LogP contribution in [0.25, 0.3) is 0 Å². The average Bonchev–Trinajstić information content (AvgIpc) is 2.42. The van der Waals surface area contributed by atoms with Crippen LogP contribution in [0, 0.1) is 5.41 Å². The zero-order valence-electron chi connectivity index (χ0n) is 13.8. The molecule has 0 heterocycles. The summed E-state index contributed by atoms with van der Waals surface area (Å²) in [7, 11) is -2.55. The molecular formula is C15H33NO3Si. The van der Waals surface area contributed by atoms with Gasteiger partial charge in [0.25, 0.3) is 0 Å². The highest BCUT2D eigenvalue weighted by molar-refractivity contribution is 6.61. The molecule has 0 amide bonds. The van der Waals surface area contributed by atoms with E-state index in [1.54, 1.807) is 0 Å². The molecule has 0 bridgehead atoms. The highest BCUT2D eigenvalue weighted by Gasteiger charge is 2.39. The lowest BCUT2D eigenvalue weighted by atomic mass is 10.1. The fourth-order valence-electron chi connectivity index (χ4n) is 2.20. The minimum Gasteiger partial charge on any atom is -0.374 e. The Kier molecular flexibility index (Phi) is 12.4. The SMILES string of the molecule is CCCCCCC(=N)CC[Si](OCC)(OCC)OCC. The number of rotatable bonds is 14. The van der Waals surface area contributed by atoms with Crippen LogP contribution in [0.4, 0.5) is 0 Å². The van der Waals surface area contributed by atoms with E-state index in [9.17, 15) is 0 Å². The van der Waals surface area contributed by atoms with Crippen molar-refractivity contribution in [2.75, 3.05) is 19.8 Å². The van der Waals surface area contributed by atoms with Crippen molar-refractivity contribution in [3.63, 3.8) is 0 Å². The molecule has 0 aromatic heterocycles. The number of hydrogen-bond acceptors (Lipinski definition) is 4. The molecule has 0 atom stereocenters. The van der Waals surface area contributed by atoms with Gasteiger partial charge in [-0.2, -0.15) is 0 Å². The van der Waals surface area contributed by atoms with E-state index in [2.05, 4.69) is 6.92 Å². The first-order valence-corrected chi connectivity index (χ1v) is 10.0. The minimum atomic E-state index is -2.55. The van der Waals surface area contributed by atoms with Gasteiger partial charge in [0.2, 0.25) is 0 Å². The molecule has 0 aromatic rings. The molecule has 0 aliphatic carbocycles. The minimum absolute atomic E-state index is 0.607. The van der Waals surface area contributed by atoms with Crippen molar-refractivity contribution in [3.8, 4) is 0 Å². The van der Waals surface area contributed by atoms with E-state index < -0.39 is 8.80 Å². The first kappa shape index (κ1) is 19.8. The molecule has 0 aliphatic heterocycles. The van der Waals surface area contributed by atoms with Crippen LogP contribution in [-0.4, -0.2) is 34.3 Å². The average molecular weight is 304 g/mol. The fraction of sp³-hybridized carbons (Fsp3) is 0.933. The Balaban J connectivity index is 4.18. The van der Waals surface area contributed by atoms with Gasteiger partial charge >= 0.3 is 8.80 Å². The second-order valence-corrected chi connectivity index (χ2v) is 7.63. The highest BCUT2D eigenvalue weighted by atomic mass is 28.4. The molecule has 5 heteroatoms. The van der Waals surface area contributed by atoms with Crippen LogP contribution in [-0.2, 0) is 13.3 Å². The zero-order chi connectivity index (χ0) is 15.3. The topological polar surface area (TPSA) is 51.5 Å². The highest BCUT2D eigenvalue weighted by Crippen LogP contribution is 2.19. The van der Waals surface area contributed by atoms with Crippen molar-refractivity contribution in [1.82, 2.24) is 0 Å². The number of unbranched alkanes of at least 4 members (excludes halogenated alkanes) is 3. The summed E-state index contributed by atoms with van der Waals surface area (Å²) < 4.78 is 17.4. The molecule has 0 radical (unpaired) electrons. The van der Waals surface area contributed by atoms with Crippen LogP contribution in [0.5, 0.6) is 0 Å². The first-order chi connectivity index (χ1) is 9.64. The van der Waals surface area contributed by atoms with Crippen LogP contribution >= 0.6 is 0 Å². The van der Waals surface area contributed by atoms with Gasteiger partial charge in [0.15, 0.2) is 0 Å². The largest absolute Gasteiger partial charge is 0.501 e. The number of hydrogen-bond donors (Lipinski definition) is 1. The summed E-state index contributed by atoms with van der Waals surface area (Å²) in [6, 6.07) is 0.731. The van der Waals surface area contributed by atoms with E-state index in [-0.39, 0.29) is 0 Å². The molecule has 0 spiro atoms. The summed E-state index contributed by atoms with van der Waals surface area (Å²) in [6.07, 6.45) is 6.49. The summed E-state index contributed by atoms with van der Waals surface area (Å²) in [5.41, 5.74) is 0.803. The summed E-state index contributed by atoms with van der Waals surface area (Å²) >= 11 is 0. The van der Waals surface area contributed by atoms with Crippen molar-refractivity contribution < 1.29 is 13.3 Å². The third-order valence-electron chi connectivity index (χ3n) is 3.16. The smallest absolute Gasteiger partial charge is 0.374 e. The Bertz CT molecular complexity index is 232. The molecule has 4 nitrogen and oxygen atoms in total. The molecular weight excluding hydrogens is 270 g/mol. The van der Waals surface area contributed by atoms with Crippen LogP contribution in [0.2, 0.25) is 6.04 Å². The van der Waals surface area contributed by atoms with E-state index in [1.807, 2.05) is 20.8 Å². The Hall–Kier alpha value is -0.233. The van der Waals surface area contributed by atoms with Crippen molar-refractivity contribution >= 4 is 14.5 Å². The number of nitrogens with one attached hydrogen (secondary N) is 1. The first-order valence-electron chi connectivity index (χ1n) is 8.12. The monoisotopic (exact) mass is 303 g/mol.